The Morgan fingerprint density at radius 2 is 2.17 bits per heavy atom. The van der Waals surface area contributed by atoms with Gasteiger partial charge in [-0.3, -0.25) is 4.79 Å². The molecule has 0 aromatic heterocycles. The molecular formula is C14H17NO3. The average Bonchev–Trinajstić information content (AvgIpc) is 2.81. The van der Waals surface area contributed by atoms with Crippen molar-refractivity contribution in [3.05, 3.63) is 29.3 Å². The number of carbonyl (C=O) groups excluding carboxylic acids is 2. The van der Waals surface area contributed by atoms with Crippen LogP contribution in [0.15, 0.2) is 18.2 Å². The summed E-state index contributed by atoms with van der Waals surface area (Å²) in [6, 6.07) is 5.96. The van der Waals surface area contributed by atoms with Crippen molar-refractivity contribution < 1.29 is 14.3 Å². The zero-order valence-electron chi connectivity index (χ0n) is 10.5. The molecule has 0 saturated carbocycles. The fourth-order valence-corrected chi connectivity index (χ4v) is 1.93. The van der Waals surface area contributed by atoms with E-state index in [-0.39, 0.29) is 18.1 Å². The maximum Gasteiger partial charge on any atom is 0.220 e. The maximum absolute atomic E-state index is 11.5. The van der Waals surface area contributed by atoms with Crippen LogP contribution in [0, 0.1) is 0 Å². The van der Waals surface area contributed by atoms with E-state index in [0.717, 1.165) is 24.3 Å². The predicted octanol–water partition coefficient (Wildman–Crippen LogP) is 1.61. The lowest BCUT2D eigenvalue weighted by Gasteiger charge is -2.06. The van der Waals surface area contributed by atoms with E-state index in [1.807, 2.05) is 12.1 Å². The van der Waals surface area contributed by atoms with Crippen molar-refractivity contribution in [3.63, 3.8) is 0 Å². The summed E-state index contributed by atoms with van der Waals surface area (Å²) in [6.07, 6.45) is 1.51. The van der Waals surface area contributed by atoms with E-state index in [1.54, 1.807) is 0 Å². The monoisotopic (exact) mass is 247 g/mol. The molecule has 2 rings (SSSR count). The Labute approximate surface area is 106 Å². The van der Waals surface area contributed by atoms with Crippen molar-refractivity contribution in [2.24, 2.45) is 0 Å². The number of hydrogen-bond donors (Lipinski definition) is 1. The van der Waals surface area contributed by atoms with E-state index in [0.29, 0.717) is 13.0 Å². The summed E-state index contributed by atoms with van der Waals surface area (Å²) in [5.74, 6) is 0.906. The first-order chi connectivity index (χ1) is 8.65. The first-order valence-electron chi connectivity index (χ1n) is 6.16. The summed E-state index contributed by atoms with van der Waals surface area (Å²) in [5, 5.41) is 2.81. The quantitative estimate of drug-likeness (QED) is 0.860. The summed E-state index contributed by atoms with van der Waals surface area (Å²) < 4.78 is 5.42. The van der Waals surface area contributed by atoms with E-state index in [1.165, 1.54) is 12.5 Å². The Morgan fingerprint density at radius 3 is 2.94 bits per heavy atom. The molecule has 4 heteroatoms. The van der Waals surface area contributed by atoms with Gasteiger partial charge in [0.1, 0.15) is 11.5 Å². The molecule has 1 N–H and O–H groups in total. The van der Waals surface area contributed by atoms with Crippen LogP contribution in [0.25, 0.3) is 0 Å². The molecule has 0 atom stereocenters. The summed E-state index contributed by atoms with van der Waals surface area (Å²) >= 11 is 0. The zero-order valence-corrected chi connectivity index (χ0v) is 10.5. The van der Waals surface area contributed by atoms with E-state index >= 15 is 0 Å². The molecule has 1 heterocycles. The number of carbonyl (C=O) groups is 2. The smallest absolute Gasteiger partial charge is 0.220 e. The van der Waals surface area contributed by atoms with Crippen molar-refractivity contribution in [3.8, 4) is 5.75 Å². The third kappa shape index (κ3) is 3.32. The van der Waals surface area contributed by atoms with Crippen LogP contribution in [0.2, 0.25) is 0 Å². The number of ketones is 1. The number of fused-ring (bicyclic) bond motifs is 1. The Bertz CT molecular complexity index is 468. The van der Waals surface area contributed by atoms with Gasteiger partial charge in [0.15, 0.2) is 0 Å². The lowest BCUT2D eigenvalue weighted by Crippen LogP contribution is -2.23. The van der Waals surface area contributed by atoms with Gasteiger partial charge in [0, 0.05) is 25.8 Å². The van der Waals surface area contributed by atoms with Gasteiger partial charge >= 0.3 is 0 Å². The second-order valence-corrected chi connectivity index (χ2v) is 4.52. The third-order valence-corrected chi connectivity index (χ3v) is 2.95. The van der Waals surface area contributed by atoms with E-state index < -0.39 is 0 Å². The SMILES string of the molecule is CC(=O)CCC(=O)NCc1ccc2c(c1)CCO2. The minimum absolute atomic E-state index is 0.0415. The third-order valence-electron chi connectivity index (χ3n) is 2.95. The van der Waals surface area contributed by atoms with Crippen LogP contribution < -0.4 is 10.1 Å². The first kappa shape index (κ1) is 12.6. The lowest BCUT2D eigenvalue weighted by atomic mass is 10.1. The second kappa shape index (κ2) is 5.67. The number of benzene rings is 1. The van der Waals surface area contributed by atoms with Gasteiger partial charge in [-0.25, -0.2) is 0 Å². The Kier molecular flexibility index (Phi) is 3.97. The molecule has 1 aromatic carbocycles. The molecule has 1 aromatic rings. The van der Waals surface area contributed by atoms with Crippen LogP contribution in [0.1, 0.15) is 30.9 Å². The molecule has 1 aliphatic heterocycles. The Balaban J connectivity index is 1.83. The fraction of sp³-hybridized carbons (Fsp3) is 0.429. The molecular weight excluding hydrogens is 230 g/mol. The molecule has 0 aliphatic carbocycles. The van der Waals surface area contributed by atoms with Crippen LogP contribution in [0.4, 0.5) is 0 Å². The predicted molar refractivity (Wildman–Crippen MR) is 67.4 cm³/mol. The van der Waals surface area contributed by atoms with Crippen LogP contribution in [0.5, 0.6) is 5.75 Å². The highest BCUT2D eigenvalue weighted by atomic mass is 16.5. The van der Waals surface area contributed by atoms with Crippen LogP contribution >= 0.6 is 0 Å². The largest absolute Gasteiger partial charge is 0.493 e. The lowest BCUT2D eigenvalue weighted by molar-refractivity contribution is -0.124. The molecule has 1 amide bonds. The summed E-state index contributed by atoms with van der Waals surface area (Å²) in [5.41, 5.74) is 2.26. The van der Waals surface area contributed by atoms with Crippen LogP contribution in [-0.4, -0.2) is 18.3 Å². The number of ether oxygens (including phenoxy) is 1. The number of nitrogens with one attached hydrogen (secondary N) is 1. The average molecular weight is 247 g/mol. The van der Waals surface area contributed by atoms with Gasteiger partial charge in [-0.2, -0.15) is 0 Å². The topological polar surface area (TPSA) is 55.4 Å². The van der Waals surface area contributed by atoms with Gasteiger partial charge in [0.25, 0.3) is 0 Å². The molecule has 96 valence electrons. The summed E-state index contributed by atoms with van der Waals surface area (Å²) in [6.45, 7) is 2.74. The minimum Gasteiger partial charge on any atom is -0.493 e. The van der Waals surface area contributed by atoms with E-state index in [9.17, 15) is 9.59 Å². The molecule has 18 heavy (non-hydrogen) atoms. The Morgan fingerprint density at radius 1 is 1.33 bits per heavy atom. The highest BCUT2D eigenvalue weighted by Gasteiger charge is 2.12. The maximum atomic E-state index is 11.5. The number of rotatable bonds is 5. The standard InChI is InChI=1S/C14H17NO3/c1-10(16)2-5-14(17)15-9-11-3-4-13-12(8-11)6-7-18-13/h3-4,8H,2,5-7,9H2,1H3,(H,15,17). The molecule has 0 spiro atoms. The number of hydrogen-bond acceptors (Lipinski definition) is 3. The van der Waals surface area contributed by atoms with Crippen LogP contribution in [0.3, 0.4) is 0 Å². The molecule has 0 fully saturated rings. The molecule has 1 aliphatic rings. The van der Waals surface area contributed by atoms with Crippen molar-refractivity contribution in [2.75, 3.05) is 6.61 Å². The van der Waals surface area contributed by atoms with Gasteiger partial charge in [0.05, 0.1) is 6.61 Å². The van der Waals surface area contributed by atoms with Crippen molar-refractivity contribution in [1.29, 1.82) is 0 Å². The molecule has 0 bridgehead atoms. The van der Waals surface area contributed by atoms with Gasteiger partial charge in [0.2, 0.25) is 5.91 Å². The summed E-state index contributed by atoms with van der Waals surface area (Å²) in [4.78, 5) is 22.2. The molecule has 4 nitrogen and oxygen atoms in total. The van der Waals surface area contributed by atoms with Gasteiger partial charge in [-0.15, -0.1) is 0 Å². The molecule has 0 unspecified atom stereocenters. The van der Waals surface area contributed by atoms with Crippen molar-refractivity contribution in [1.82, 2.24) is 5.32 Å². The van der Waals surface area contributed by atoms with Gasteiger partial charge in [-0.1, -0.05) is 12.1 Å². The highest BCUT2D eigenvalue weighted by Crippen LogP contribution is 2.25. The first-order valence-corrected chi connectivity index (χ1v) is 6.16. The van der Waals surface area contributed by atoms with E-state index in [4.69, 9.17) is 4.74 Å². The summed E-state index contributed by atoms with van der Waals surface area (Å²) in [7, 11) is 0. The fourth-order valence-electron chi connectivity index (χ4n) is 1.93. The van der Waals surface area contributed by atoms with E-state index in [2.05, 4.69) is 11.4 Å². The number of Topliss-reactive ketones (excluding diaryl/α,β-unsaturated/α-hetero) is 1. The number of amides is 1. The normalized spacial score (nSPS) is 12.7. The highest BCUT2D eigenvalue weighted by molar-refractivity contribution is 5.83. The minimum atomic E-state index is -0.0815. The van der Waals surface area contributed by atoms with Crippen molar-refractivity contribution in [2.45, 2.75) is 32.7 Å². The van der Waals surface area contributed by atoms with Crippen LogP contribution in [-0.2, 0) is 22.6 Å². The van der Waals surface area contributed by atoms with Gasteiger partial charge in [-0.05, 0) is 24.1 Å². The molecule has 0 saturated heterocycles. The zero-order chi connectivity index (χ0) is 13.0. The Hall–Kier alpha value is -1.84. The second-order valence-electron chi connectivity index (χ2n) is 4.52. The molecule has 0 radical (unpaired) electrons. The van der Waals surface area contributed by atoms with Crippen molar-refractivity contribution >= 4 is 11.7 Å². The van der Waals surface area contributed by atoms with Gasteiger partial charge < -0.3 is 14.8 Å².